The molecule has 0 radical (unpaired) electrons. The molecule has 2 N–H and O–H groups in total. The highest BCUT2D eigenvalue weighted by atomic mass is 16.5. The Kier molecular flexibility index (Phi) is 2.56. The smallest absolute Gasteiger partial charge is 0.153 e. The van der Waals surface area contributed by atoms with Crippen molar-refractivity contribution in [2.75, 3.05) is 13.2 Å². The molecule has 72 valence electrons. The first kappa shape index (κ1) is 8.65. The summed E-state index contributed by atoms with van der Waals surface area (Å²) >= 11 is 0. The second-order valence-corrected chi connectivity index (χ2v) is 3.27. The second kappa shape index (κ2) is 3.85. The fourth-order valence-electron chi connectivity index (χ4n) is 1.61. The van der Waals surface area contributed by atoms with Crippen LogP contribution in [0.2, 0.25) is 0 Å². The summed E-state index contributed by atoms with van der Waals surface area (Å²) in [5.41, 5.74) is 0. The van der Waals surface area contributed by atoms with E-state index in [4.69, 9.17) is 4.74 Å². The summed E-state index contributed by atoms with van der Waals surface area (Å²) in [5.74, 6) is 0.814. The van der Waals surface area contributed by atoms with E-state index in [-0.39, 0.29) is 5.92 Å². The van der Waals surface area contributed by atoms with Crippen LogP contribution in [0.5, 0.6) is 0 Å². The lowest BCUT2D eigenvalue weighted by Crippen LogP contribution is -2.22. The Morgan fingerprint density at radius 2 is 2.31 bits per heavy atom. The van der Waals surface area contributed by atoms with Crippen molar-refractivity contribution >= 4 is 0 Å². The van der Waals surface area contributed by atoms with Crippen LogP contribution < -0.4 is 0 Å². The molecule has 1 fully saturated rings. The van der Waals surface area contributed by atoms with E-state index in [2.05, 4.69) is 15.2 Å². The van der Waals surface area contributed by atoms with E-state index in [1.807, 2.05) is 0 Å². The minimum absolute atomic E-state index is 0.252. The van der Waals surface area contributed by atoms with E-state index in [0.717, 1.165) is 26.1 Å². The first-order valence-corrected chi connectivity index (χ1v) is 4.49. The van der Waals surface area contributed by atoms with Gasteiger partial charge in [0.15, 0.2) is 5.82 Å². The summed E-state index contributed by atoms with van der Waals surface area (Å²) in [7, 11) is 0. The number of aromatic amines is 1. The van der Waals surface area contributed by atoms with Crippen molar-refractivity contribution in [2.24, 2.45) is 5.92 Å². The summed E-state index contributed by atoms with van der Waals surface area (Å²) in [4.78, 5) is 3.93. The van der Waals surface area contributed by atoms with Gasteiger partial charge in [0, 0.05) is 13.2 Å². The van der Waals surface area contributed by atoms with Crippen LogP contribution in [0.25, 0.3) is 0 Å². The number of aliphatic hydroxyl groups excluding tert-OH is 1. The molecule has 0 bridgehead atoms. The van der Waals surface area contributed by atoms with Crippen LogP contribution in [0, 0.1) is 5.92 Å². The van der Waals surface area contributed by atoms with Gasteiger partial charge in [0.2, 0.25) is 0 Å². The third kappa shape index (κ3) is 1.87. The molecular weight excluding hydrogens is 170 g/mol. The molecule has 1 saturated heterocycles. The number of hydrogen-bond acceptors (Lipinski definition) is 4. The first-order valence-electron chi connectivity index (χ1n) is 4.49. The summed E-state index contributed by atoms with van der Waals surface area (Å²) in [6.07, 6.45) is 2.67. The van der Waals surface area contributed by atoms with Crippen LogP contribution in [-0.2, 0) is 4.74 Å². The number of hydrogen-bond donors (Lipinski definition) is 2. The molecule has 1 unspecified atom stereocenters. The molecule has 1 aromatic rings. The highest BCUT2D eigenvalue weighted by Crippen LogP contribution is 2.27. The van der Waals surface area contributed by atoms with Crippen molar-refractivity contribution in [1.82, 2.24) is 15.2 Å². The van der Waals surface area contributed by atoms with Crippen molar-refractivity contribution in [2.45, 2.75) is 18.9 Å². The predicted octanol–water partition coefficient (Wildman–Crippen LogP) is 0.265. The zero-order chi connectivity index (χ0) is 9.10. The molecule has 0 aromatic carbocycles. The van der Waals surface area contributed by atoms with Gasteiger partial charge in [-0.05, 0) is 18.8 Å². The van der Waals surface area contributed by atoms with Gasteiger partial charge < -0.3 is 9.84 Å². The Labute approximate surface area is 76.1 Å². The lowest BCUT2D eigenvalue weighted by atomic mass is 9.93. The lowest BCUT2D eigenvalue weighted by molar-refractivity contribution is 0.00394. The number of H-pyrrole nitrogens is 1. The Morgan fingerprint density at radius 1 is 1.54 bits per heavy atom. The zero-order valence-electron chi connectivity index (χ0n) is 7.31. The third-order valence-electron chi connectivity index (χ3n) is 2.43. The topological polar surface area (TPSA) is 71.0 Å². The molecule has 0 saturated carbocycles. The lowest BCUT2D eigenvalue weighted by Gasteiger charge is -2.25. The van der Waals surface area contributed by atoms with Gasteiger partial charge in [-0.1, -0.05) is 0 Å². The van der Waals surface area contributed by atoms with Gasteiger partial charge in [0.25, 0.3) is 0 Å². The second-order valence-electron chi connectivity index (χ2n) is 3.27. The molecule has 1 aliphatic heterocycles. The highest BCUT2D eigenvalue weighted by Gasteiger charge is 2.25. The molecule has 2 heterocycles. The minimum atomic E-state index is -0.522. The highest BCUT2D eigenvalue weighted by molar-refractivity contribution is 4.90. The maximum Gasteiger partial charge on any atom is 0.153 e. The number of nitrogens with one attached hydrogen (secondary N) is 1. The average molecular weight is 183 g/mol. The van der Waals surface area contributed by atoms with Crippen LogP contribution in [0.1, 0.15) is 24.8 Å². The van der Waals surface area contributed by atoms with Crippen molar-refractivity contribution in [3.8, 4) is 0 Å². The van der Waals surface area contributed by atoms with E-state index in [1.54, 1.807) is 0 Å². The Hall–Kier alpha value is -0.940. The number of nitrogens with zero attached hydrogens (tertiary/aromatic N) is 2. The van der Waals surface area contributed by atoms with E-state index >= 15 is 0 Å². The van der Waals surface area contributed by atoms with Gasteiger partial charge in [0.05, 0.1) is 0 Å². The van der Waals surface area contributed by atoms with Crippen molar-refractivity contribution < 1.29 is 9.84 Å². The van der Waals surface area contributed by atoms with Gasteiger partial charge in [-0.3, -0.25) is 5.10 Å². The zero-order valence-corrected chi connectivity index (χ0v) is 7.31. The molecule has 1 aliphatic rings. The molecular formula is C8H13N3O2. The van der Waals surface area contributed by atoms with Gasteiger partial charge >= 0.3 is 0 Å². The van der Waals surface area contributed by atoms with Crippen LogP contribution in [0.15, 0.2) is 6.33 Å². The largest absolute Gasteiger partial charge is 0.385 e. The third-order valence-corrected chi connectivity index (χ3v) is 2.43. The van der Waals surface area contributed by atoms with Crippen LogP contribution >= 0.6 is 0 Å². The van der Waals surface area contributed by atoms with Gasteiger partial charge in [-0.15, -0.1) is 0 Å². The summed E-state index contributed by atoms with van der Waals surface area (Å²) < 4.78 is 5.21. The fourth-order valence-corrected chi connectivity index (χ4v) is 1.61. The Balaban J connectivity index is 1.99. The average Bonchev–Trinajstić information content (AvgIpc) is 2.71. The van der Waals surface area contributed by atoms with Gasteiger partial charge in [-0.2, -0.15) is 5.10 Å². The molecule has 0 aliphatic carbocycles. The molecule has 5 heteroatoms. The molecule has 0 amide bonds. The molecule has 1 atom stereocenters. The van der Waals surface area contributed by atoms with Crippen LogP contribution in [0.3, 0.4) is 0 Å². The standard InChI is InChI=1S/C8H13N3O2/c12-7(8-9-5-10-11-8)6-1-3-13-4-2-6/h5-7,12H,1-4H2,(H,9,10,11). The number of ether oxygens (including phenoxy) is 1. The molecule has 1 aromatic heterocycles. The van der Waals surface area contributed by atoms with E-state index in [1.165, 1.54) is 6.33 Å². The molecule has 2 rings (SSSR count). The van der Waals surface area contributed by atoms with Gasteiger partial charge in [-0.25, -0.2) is 4.98 Å². The Bertz CT molecular complexity index is 244. The quantitative estimate of drug-likeness (QED) is 0.690. The maximum atomic E-state index is 9.84. The van der Waals surface area contributed by atoms with Crippen LogP contribution in [-0.4, -0.2) is 33.5 Å². The summed E-state index contributed by atoms with van der Waals surface area (Å²) in [6.45, 7) is 1.46. The maximum absolute atomic E-state index is 9.84. The normalized spacial score (nSPS) is 21.6. The SMILES string of the molecule is OC(c1ncn[nH]1)C1CCOCC1. The van der Waals surface area contributed by atoms with Crippen molar-refractivity contribution in [1.29, 1.82) is 0 Å². The molecule has 13 heavy (non-hydrogen) atoms. The molecule has 0 spiro atoms. The van der Waals surface area contributed by atoms with Crippen LogP contribution in [0.4, 0.5) is 0 Å². The first-order chi connectivity index (χ1) is 6.38. The fraction of sp³-hybridized carbons (Fsp3) is 0.750. The van der Waals surface area contributed by atoms with Crippen molar-refractivity contribution in [3.63, 3.8) is 0 Å². The molecule has 5 nitrogen and oxygen atoms in total. The Morgan fingerprint density at radius 3 is 2.92 bits per heavy atom. The number of aliphatic hydroxyl groups is 1. The van der Waals surface area contributed by atoms with E-state index < -0.39 is 6.10 Å². The predicted molar refractivity (Wildman–Crippen MR) is 44.9 cm³/mol. The minimum Gasteiger partial charge on any atom is -0.385 e. The van der Waals surface area contributed by atoms with Crippen molar-refractivity contribution in [3.05, 3.63) is 12.2 Å². The van der Waals surface area contributed by atoms with E-state index in [0.29, 0.717) is 5.82 Å². The summed E-state index contributed by atoms with van der Waals surface area (Å²) in [6, 6.07) is 0. The number of rotatable bonds is 2. The van der Waals surface area contributed by atoms with Gasteiger partial charge in [0.1, 0.15) is 12.4 Å². The van der Waals surface area contributed by atoms with E-state index in [9.17, 15) is 5.11 Å². The monoisotopic (exact) mass is 183 g/mol. The number of aromatic nitrogens is 3. The summed E-state index contributed by atoms with van der Waals surface area (Å²) in [5, 5.41) is 16.2.